The van der Waals surface area contributed by atoms with E-state index in [0.29, 0.717) is 5.56 Å². The summed E-state index contributed by atoms with van der Waals surface area (Å²) in [7, 11) is -3.73. The number of sulfonamides is 1. The van der Waals surface area contributed by atoms with E-state index in [9.17, 15) is 18.0 Å². The lowest BCUT2D eigenvalue weighted by Gasteiger charge is -2.11. The zero-order chi connectivity index (χ0) is 21.1. The fourth-order valence-corrected chi connectivity index (χ4v) is 4.02. The highest BCUT2D eigenvalue weighted by molar-refractivity contribution is 7.89. The molecule has 0 aliphatic rings. The van der Waals surface area contributed by atoms with E-state index in [1.54, 1.807) is 19.9 Å². The van der Waals surface area contributed by atoms with Gasteiger partial charge in [-0.1, -0.05) is 12.1 Å². The van der Waals surface area contributed by atoms with Crippen molar-refractivity contribution in [3.05, 3.63) is 64.2 Å². The van der Waals surface area contributed by atoms with Gasteiger partial charge < -0.3 is 4.74 Å². The molecular formula is C21H25NO5S. The molecule has 0 heterocycles. The molecule has 150 valence electrons. The molecule has 28 heavy (non-hydrogen) atoms. The molecule has 0 aliphatic carbocycles. The van der Waals surface area contributed by atoms with E-state index in [-0.39, 0.29) is 22.3 Å². The van der Waals surface area contributed by atoms with E-state index in [0.717, 1.165) is 16.7 Å². The van der Waals surface area contributed by atoms with Gasteiger partial charge in [0.15, 0.2) is 6.61 Å². The van der Waals surface area contributed by atoms with Crippen molar-refractivity contribution in [2.45, 2.75) is 45.6 Å². The lowest BCUT2D eigenvalue weighted by molar-refractivity contribution is 0.0474. The zero-order valence-electron chi connectivity index (χ0n) is 16.7. The second-order valence-electron chi connectivity index (χ2n) is 7.05. The van der Waals surface area contributed by atoms with Crippen LogP contribution in [0, 0.1) is 20.8 Å². The van der Waals surface area contributed by atoms with Gasteiger partial charge in [0.1, 0.15) is 0 Å². The minimum atomic E-state index is -3.73. The van der Waals surface area contributed by atoms with Gasteiger partial charge in [-0.3, -0.25) is 4.79 Å². The average molecular weight is 404 g/mol. The van der Waals surface area contributed by atoms with Gasteiger partial charge >= 0.3 is 5.97 Å². The monoisotopic (exact) mass is 403 g/mol. The maximum absolute atomic E-state index is 12.4. The van der Waals surface area contributed by atoms with Crippen LogP contribution >= 0.6 is 0 Å². The summed E-state index contributed by atoms with van der Waals surface area (Å²) in [5, 5.41) is 0. The fourth-order valence-electron chi connectivity index (χ4n) is 2.72. The third-order valence-corrected chi connectivity index (χ3v) is 5.90. The van der Waals surface area contributed by atoms with Gasteiger partial charge in [-0.15, -0.1) is 0 Å². The largest absolute Gasteiger partial charge is 0.454 e. The number of ether oxygens (including phenoxy) is 1. The Balaban J connectivity index is 2.13. The summed E-state index contributed by atoms with van der Waals surface area (Å²) in [5.41, 5.74) is 3.46. The number of ketones is 1. The number of hydrogen-bond donors (Lipinski definition) is 1. The molecule has 2 aromatic rings. The third kappa shape index (κ3) is 5.27. The van der Waals surface area contributed by atoms with Gasteiger partial charge in [-0.05, 0) is 75.6 Å². The molecular weight excluding hydrogens is 378 g/mol. The second-order valence-corrected chi connectivity index (χ2v) is 8.77. The lowest BCUT2D eigenvalue weighted by atomic mass is 9.98. The summed E-state index contributed by atoms with van der Waals surface area (Å²) in [6.45, 7) is 8.70. The van der Waals surface area contributed by atoms with E-state index < -0.39 is 22.6 Å². The van der Waals surface area contributed by atoms with Crippen molar-refractivity contribution < 1.29 is 22.7 Å². The highest BCUT2D eigenvalue weighted by atomic mass is 32.2. The zero-order valence-corrected chi connectivity index (χ0v) is 17.5. The van der Waals surface area contributed by atoms with Crippen LogP contribution in [0.5, 0.6) is 0 Å². The van der Waals surface area contributed by atoms with E-state index in [1.807, 2.05) is 26.8 Å². The molecule has 0 radical (unpaired) electrons. The van der Waals surface area contributed by atoms with Crippen molar-refractivity contribution >= 4 is 21.8 Å². The Morgan fingerprint density at radius 2 is 1.64 bits per heavy atom. The first-order valence-electron chi connectivity index (χ1n) is 8.92. The molecule has 1 N–H and O–H groups in total. The van der Waals surface area contributed by atoms with Crippen LogP contribution in [0.2, 0.25) is 0 Å². The predicted molar refractivity (Wildman–Crippen MR) is 107 cm³/mol. The maximum atomic E-state index is 12.4. The fraction of sp³-hybridized carbons (Fsp3) is 0.333. The average Bonchev–Trinajstić information content (AvgIpc) is 2.61. The van der Waals surface area contributed by atoms with Gasteiger partial charge in [0, 0.05) is 11.6 Å². The first-order valence-corrected chi connectivity index (χ1v) is 10.4. The molecule has 0 amide bonds. The van der Waals surface area contributed by atoms with Gasteiger partial charge in [0.05, 0.1) is 10.5 Å². The molecule has 0 saturated carbocycles. The van der Waals surface area contributed by atoms with Crippen molar-refractivity contribution in [3.63, 3.8) is 0 Å². The summed E-state index contributed by atoms with van der Waals surface area (Å²) in [6.07, 6.45) is 0. The number of Topliss-reactive ketones (excluding diaryl/α,β-unsaturated/α-hetero) is 1. The van der Waals surface area contributed by atoms with E-state index in [1.165, 1.54) is 24.3 Å². The molecule has 2 aromatic carbocycles. The third-order valence-electron chi connectivity index (χ3n) is 4.25. The SMILES string of the molecule is Cc1cc(C)c(C(=O)COC(=O)c2cccc(S(=O)(=O)NC(C)C)c2)cc1C. The van der Waals surface area contributed by atoms with Crippen molar-refractivity contribution in [1.29, 1.82) is 0 Å². The van der Waals surface area contributed by atoms with Gasteiger partial charge in [0.2, 0.25) is 15.8 Å². The number of esters is 1. The van der Waals surface area contributed by atoms with Crippen LogP contribution in [0.3, 0.4) is 0 Å². The molecule has 0 spiro atoms. The van der Waals surface area contributed by atoms with Gasteiger partial charge in [0.25, 0.3) is 0 Å². The minimum absolute atomic E-state index is 0.0352. The summed E-state index contributed by atoms with van der Waals surface area (Å²) in [6, 6.07) is 8.96. The van der Waals surface area contributed by atoms with Crippen LogP contribution in [0.4, 0.5) is 0 Å². The van der Waals surface area contributed by atoms with E-state index in [4.69, 9.17) is 4.74 Å². The standard InChI is InChI=1S/C21H25NO5S/c1-13(2)22-28(25,26)18-8-6-7-17(11-18)21(24)27-12-20(23)19-10-15(4)14(3)9-16(19)5/h6-11,13,22H,12H2,1-5H3. The number of aryl methyl sites for hydroxylation is 3. The van der Waals surface area contributed by atoms with Gasteiger partial charge in [-0.2, -0.15) is 0 Å². The number of hydrogen-bond acceptors (Lipinski definition) is 5. The van der Waals surface area contributed by atoms with Crippen LogP contribution in [-0.4, -0.2) is 32.8 Å². The quantitative estimate of drug-likeness (QED) is 0.566. The van der Waals surface area contributed by atoms with Crippen molar-refractivity contribution in [2.24, 2.45) is 0 Å². The van der Waals surface area contributed by atoms with Gasteiger partial charge in [-0.25, -0.2) is 17.9 Å². The number of carbonyl (C=O) groups is 2. The summed E-state index contributed by atoms with van der Waals surface area (Å²) in [4.78, 5) is 24.7. The predicted octanol–water partition coefficient (Wildman–Crippen LogP) is 3.34. The summed E-state index contributed by atoms with van der Waals surface area (Å²) in [5.74, 6) is -1.06. The van der Waals surface area contributed by atoms with Crippen LogP contribution < -0.4 is 4.72 Å². The lowest BCUT2D eigenvalue weighted by Crippen LogP contribution is -2.30. The Kier molecular flexibility index (Phi) is 6.74. The van der Waals surface area contributed by atoms with Crippen LogP contribution in [0.25, 0.3) is 0 Å². The molecule has 0 aliphatic heterocycles. The van der Waals surface area contributed by atoms with E-state index in [2.05, 4.69) is 4.72 Å². The van der Waals surface area contributed by atoms with E-state index >= 15 is 0 Å². The summed E-state index contributed by atoms with van der Waals surface area (Å²) < 4.78 is 32.1. The molecule has 0 aromatic heterocycles. The molecule has 2 rings (SSSR count). The summed E-state index contributed by atoms with van der Waals surface area (Å²) >= 11 is 0. The van der Waals surface area contributed by atoms with Crippen LogP contribution in [0.15, 0.2) is 41.3 Å². The number of benzene rings is 2. The second kappa shape index (κ2) is 8.67. The Bertz CT molecular complexity index is 1010. The van der Waals surface area contributed by atoms with Crippen molar-refractivity contribution in [2.75, 3.05) is 6.61 Å². The Labute approximate surface area is 166 Å². The molecule has 6 nitrogen and oxygen atoms in total. The Morgan fingerprint density at radius 3 is 2.29 bits per heavy atom. The molecule has 0 bridgehead atoms. The minimum Gasteiger partial charge on any atom is -0.454 e. The normalized spacial score (nSPS) is 11.5. The highest BCUT2D eigenvalue weighted by Crippen LogP contribution is 2.17. The maximum Gasteiger partial charge on any atom is 0.338 e. The highest BCUT2D eigenvalue weighted by Gasteiger charge is 2.19. The molecule has 0 atom stereocenters. The van der Waals surface area contributed by atoms with Crippen LogP contribution in [-0.2, 0) is 14.8 Å². The number of nitrogens with one attached hydrogen (secondary N) is 1. The van der Waals surface area contributed by atoms with Crippen molar-refractivity contribution in [3.8, 4) is 0 Å². The molecule has 0 unspecified atom stereocenters. The molecule has 0 saturated heterocycles. The first kappa shape index (κ1) is 21.8. The number of carbonyl (C=O) groups excluding carboxylic acids is 2. The van der Waals surface area contributed by atoms with Crippen molar-refractivity contribution in [1.82, 2.24) is 4.72 Å². The van der Waals surface area contributed by atoms with Crippen LogP contribution in [0.1, 0.15) is 51.3 Å². The number of rotatable bonds is 7. The topological polar surface area (TPSA) is 89.5 Å². The molecule has 0 fully saturated rings. The Morgan fingerprint density at radius 1 is 1.00 bits per heavy atom. The molecule has 7 heteroatoms. The smallest absolute Gasteiger partial charge is 0.338 e. The first-order chi connectivity index (χ1) is 13.0. The Hall–Kier alpha value is -2.51.